The van der Waals surface area contributed by atoms with Crippen molar-refractivity contribution in [3.05, 3.63) is 71.5 Å². The fraction of sp³-hybridized carbons (Fsp3) is 0.567. The monoisotopic (exact) mass is 543 g/mol. The maximum atomic E-state index is 14.2. The van der Waals surface area contributed by atoms with Crippen molar-refractivity contribution in [1.82, 2.24) is 15.5 Å². The third-order valence-corrected chi connectivity index (χ3v) is 9.75. The van der Waals surface area contributed by atoms with Crippen LogP contribution in [0.1, 0.15) is 61.3 Å². The van der Waals surface area contributed by atoms with Crippen molar-refractivity contribution >= 4 is 15.7 Å². The van der Waals surface area contributed by atoms with Crippen molar-refractivity contribution in [2.45, 2.75) is 56.2 Å². The molecule has 208 valence electrons. The molecule has 2 aliphatic heterocycles. The zero-order valence-electron chi connectivity index (χ0n) is 22.6. The topological polar surface area (TPSA) is 78.5 Å². The molecule has 4 atom stereocenters. The molecule has 0 bridgehead atoms. The van der Waals surface area contributed by atoms with E-state index < -0.39 is 15.1 Å². The molecule has 0 spiro atoms. The highest BCUT2D eigenvalue weighted by Gasteiger charge is 2.40. The summed E-state index contributed by atoms with van der Waals surface area (Å²) in [5.41, 5.74) is 1.57. The molecule has 2 aliphatic rings. The van der Waals surface area contributed by atoms with Crippen LogP contribution < -0.4 is 10.6 Å². The van der Waals surface area contributed by atoms with Gasteiger partial charge >= 0.3 is 0 Å². The van der Waals surface area contributed by atoms with E-state index in [9.17, 15) is 17.6 Å². The Morgan fingerprint density at radius 2 is 1.68 bits per heavy atom. The normalized spacial score (nSPS) is 22.5. The van der Waals surface area contributed by atoms with E-state index in [1.807, 2.05) is 24.0 Å². The SMILES string of the molecule is CCN(C(=O)C(c1ccccc1)S(C)(=O)=O)C1CCNCC1CCC(c1cccc(F)c1)C1CCNCC1. The van der Waals surface area contributed by atoms with Gasteiger partial charge < -0.3 is 15.5 Å². The number of likely N-dealkylation sites (N-methyl/N-ethyl adjacent to an activating group) is 1. The van der Waals surface area contributed by atoms with Gasteiger partial charge in [0.15, 0.2) is 15.1 Å². The summed E-state index contributed by atoms with van der Waals surface area (Å²) in [6.45, 7) is 5.93. The summed E-state index contributed by atoms with van der Waals surface area (Å²) in [7, 11) is -3.66. The molecule has 2 aromatic rings. The van der Waals surface area contributed by atoms with Crippen molar-refractivity contribution < 1.29 is 17.6 Å². The summed E-state index contributed by atoms with van der Waals surface area (Å²) in [6.07, 6.45) is 5.88. The standard InChI is InChI=1S/C30H42FN3O3S/c1-3-34(30(35)29(38(2,36)37)23-8-5-4-6-9-23)28-16-19-33-21-25(28)12-13-27(22-14-17-32-18-15-22)24-10-7-11-26(31)20-24/h4-11,20,22,25,27-29,32-33H,3,12-19,21H2,1-2H3. The number of hydrogen-bond acceptors (Lipinski definition) is 5. The van der Waals surface area contributed by atoms with Crippen LogP contribution >= 0.6 is 0 Å². The summed E-state index contributed by atoms with van der Waals surface area (Å²) in [6, 6.07) is 15.8. The molecular weight excluding hydrogens is 501 g/mol. The van der Waals surface area contributed by atoms with Gasteiger partial charge in [0.25, 0.3) is 0 Å². The molecule has 2 saturated heterocycles. The third kappa shape index (κ3) is 7.01. The molecule has 4 rings (SSSR count). The number of amides is 1. The molecule has 2 heterocycles. The Morgan fingerprint density at radius 1 is 1.00 bits per heavy atom. The molecule has 0 saturated carbocycles. The average molecular weight is 544 g/mol. The number of sulfone groups is 1. The minimum absolute atomic E-state index is 0.0390. The van der Waals surface area contributed by atoms with Crippen LogP contribution in [0.2, 0.25) is 0 Å². The fourth-order valence-electron chi connectivity index (χ4n) is 6.57. The first kappa shape index (κ1) is 28.7. The lowest BCUT2D eigenvalue weighted by atomic mass is 9.75. The predicted octanol–water partition coefficient (Wildman–Crippen LogP) is 4.30. The number of benzene rings is 2. The van der Waals surface area contributed by atoms with Gasteiger partial charge in [0.2, 0.25) is 5.91 Å². The van der Waals surface area contributed by atoms with E-state index in [1.54, 1.807) is 36.4 Å². The quantitative estimate of drug-likeness (QED) is 0.467. The van der Waals surface area contributed by atoms with Crippen LogP contribution in [0.3, 0.4) is 0 Å². The number of carbonyl (C=O) groups excluding carboxylic acids is 1. The Hall–Kier alpha value is -2.29. The van der Waals surface area contributed by atoms with Crippen molar-refractivity contribution in [1.29, 1.82) is 0 Å². The average Bonchev–Trinajstić information content (AvgIpc) is 2.91. The van der Waals surface area contributed by atoms with Gasteiger partial charge in [-0.1, -0.05) is 42.5 Å². The van der Waals surface area contributed by atoms with Crippen LogP contribution in [0.15, 0.2) is 54.6 Å². The molecular formula is C30H42FN3O3S. The number of halogens is 1. The van der Waals surface area contributed by atoms with Gasteiger partial charge in [0.05, 0.1) is 0 Å². The third-order valence-electron chi connectivity index (χ3n) is 8.42. The first-order valence-electron chi connectivity index (χ1n) is 14.0. The number of nitrogens with zero attached hydrogens (tertiary/aromatic N) is 1. The highest BCUT2D eigenvalue weighted by molar-refractivity contribution is 7.91. The summed E-state index contributed by atoms with van der Waals surface area (Å²) in [4.78, 5) is 15.7. The van der Waals surface area contributed by atoms with Gasteiger partial charge in [-0.3, -0.25) is 4.79 Å². The maximum absolute atomic E-state index is 14.2. The highest BCUT2D eigenvalue weighted by Crippen LogP contribution is 2.38. The molecule has 4 unspecified atom stereocenters. The number of nitrogens with one attached hydrogen (secondary N) is 2. The van der Waals surface area contributed by atoms with Gasteiger partial charge in [-0.2, -0.15) is 0 Å². The van der Waals surface area contributed by atoms with Crippen LogP contribution in [0.4, 0.5) is 4.39 Å². The van der Waals surface area contributed by atoms with E-state index in [4.69, 9.17) is 0 Å². The molecule has 1 amide bonds. The van der Waals surface area contributed by atoms with Crippen LogP contribution in [0.25, 0.3) is 0 Å². The Bertz CT molecular complexity index is 1150. The first-order valence-corrected chi connectivity index (χ1v) is 16.0. The van der Waals surface area contributed by atoms with Crippen LogP contribution in [0, 0.1) is 17.7 Å². The lowest BCUT2D eigenvalue weighted by molar-refractivity contribution is -0.134. The molecule has 0 radical (unpaired) electrons. The summed E-state index contributed by atoms with van der Waals surface area (Å²) in [5, 5.41) is 5.74. The molecule has 0 aromatic heterocycles. The van der Waals surface area contributed by atoms with Crippen molar-refractivity contribution in [3.63, 3.8) is 0 Å². The second-order valence-electron chi connectivity index (χ2n) is 10.9. The van der Waals surface area contributed by atoms with Crippen molar-refractivity contribution in [2.24, 2.45) is 11.8 Å². The van der Waals surface area contributed by atoms with E-state index in [1.165, 1.54) is 6.07 Å². The first-order chi connectivity index (χ1) is 18.3. The van der Waals surface area contributed by atoms with Gasteiger partial charge in [0.1, 0.15) is 5.82 Å². The fourth-order valence-corrected chi connectivity index (χ4v) is 7.72. The van der Waals surface area contributed by atoms with E-state index in [-0.39, 0.29) is 29.6 Å². The van der Waals surface area contributed by atoms with Crippen LogP contribution in [0.5, 0.6) is 0 Å². The van der Waals surface area contributed by atoms with Crippen LogP contribution in [-0.2, 0) is 14.6 Å². The Balaban J connectivity index is 1.55. The molecule has 6 nitrogen and oxygen atoms in total. The zero-order chi connectivity index (χ0) is 27.1. The molecule has 2 fully saturated rings. The Labute approximate surface area is 227 Å². The van der Waals surface area contributed by atoms with Crippen molar-refractivity contribution in [3.8, 4) is 0 Å². The molecule has 0 aliphatic carbocycles. The Kier molecular flexibility index (Phi) is 9.96. The maximum Gasteiger partial charge on any atom is 0.245 e. The number of carbonyl (C=O) groups is 1. The lowest BCUT2D eigenvalue weighted by Gasteiger charge is -2.42. The summed E-state index contributed by atoms with van der Waals surface area (Å²) < 4.78 is 39.9. The van der Waals surface area contributed by atoms with E-state index in [0.29, 0.717) is 18.0 Å². The van der Waals surface area contributed by atoms with E-state index >= 15 is 0 Å². The molecule has 2 N–H and O–H groups in total. The van der Waals surface area contributed by atoms with Gasteiger partial charge in [-0.25, -0.2) is 12.8 Å². The summed E-state index contributed by atoms with van der Waals surface area (Å²) in [5.74, 6) is 0.410. The van der Waals surface area contributed by atoms with Crippen LogP contribution in [-0.4, -0.2) is 64.2 Å². The van der Waals surface area contributed by atoms with Crippen molar-refractivity contribution in [2.75, 3.05) is 39.0 Å². The van der Waals surface area contributed by atoms with Gasteiger partial charge in [-0.05, 0) is 106 Å². The number of piperidine rings is 2. The smallest absolute Gasteiger partial charge is 0.245 e. The largest absolute Gasteiger partial charge is 0.338 e. The molecule has 38 heavy (non-hydrogen) atoms. The minimum atomic E-state index is -3.66. The van der Waals surface area contributed by atoms with Gasteiger partial charge in [0, 0.05) is 18.8 Å². The lowest BCUT2D eigenvalue weighted by Crippen LogP contribution is -2.53. The predicted molar refractivity (Wildman–Crippen MR) is 150 cm³/mol. The number of rotatable bonds is 10. The van der Waals surface area contributed by atoms with Gasteiger partial charge in [-0.15, -0.1) is 0 Å². The molecule has 2 aromatic carbocycles. The highest BCUT2D eigenvalue weighted by atomic mass is 32.2. The second kappa shape index (κ2) is 13.2. The molecule has 8 heteroatoms. The second-order valence-corrected chi connectivity index (χ2v) is 13.0. The van der Waals surface area contributed by atoms with E-state index in [2.05, 4.69) is 10.6 Å². The Morgan fingerprint density at radius 3 is 2.34 bits per heavy atom. The number of hydrogen-bond donors (Lipinski definition) is 2. The minimum Gasteiger partial charge on any atom is -0.338 e. The zero-order valence-corrected chi connectivity index (χ0v) is 23.4. The van der Waals surface area contributed by atoms with E-state index in [0.717, 1.165) is 70.1 Å². The summed E-state index contributed by atoms with van der Waals surface area (Å²) >= 11 is 0.